The Kier molecular flexibility index (Phi) is 4.79. The molecule has 6 nitrogen and oxygen atoms in total. The molecule has 1 atom stereocenters. The van der Waals surface area contributed by atoms with Crippen LogP contribution < -0.4 is 4.74 Å². The topological polar surface area (TPSA) is 60.2 Å². The molecule has 1 aromatic carbocycles. The third-order valence-electron chi connectivity index (χ3n) is 5.32. The van der Waals surface area contributed by atoms with Crippen LogP contribution in [0.2, 0.25) is 0 Å². The lowest BCUT2D eigenvalue weighted by molar-refractivity contribution is -0.129. The van der Waals surface area contributed by atoms with Crippen molar-refractivity contribution >= 4 is 17.1 Å². The molecule has 27 heavy (non-hydrogen) atoms. The van der Waals surface area contributed by atoms with Gasteiger partial charge in [-0.15, -0.1) is 0 Å². The number of benzene rings is 1. The van der Waals surface area contributed by atoms with Crippen molar-refractivity contribution in [2.24, 2.45) is 13.0 Å². The number of methoxy groups -OCH3 is 1. The molecule has 1 aliphatic heterocycles. The van der Waals surface area contributed by atoms with Crippen LogP contribution in [0.1, 0.15) is 17.8 Å². The van der Waals surface area contributed by atoms with Crippen molar-refractivity contribution in [2.75, 3.05) is 20.2 Å². The highest BCUT2D eigenvalue weighted by Gasteiger charge is 2.27. The molecule has 3 heterocycles. The first-order chi connectivity index (χ1) is 13.1. The van der Waals surface area contributed by atoms with E-state index in [1.807, 2.05) is 48.3 Å². The molecule has 1 amide bonds. The van der Waals surface area contributed by atoms with E-state index in [-0.39, 0.29) is 5.91 Å². The Bertz CT molecular complexity index is 966. The second-order valence-corrected chi connectivity index (χ2v) is 7.16. The number of rotatable bonds is 5. The zero-order valence-electron chi connectivity index (χ0n) is 15.8. The minimum Gasteiger partial charge on any atom is -0.497 e. The van der Waals surface area contributed by atoms with E-state index in [2.05, 4.69) is 9.55 Å². The fraction of sp³-hybridized carbons (Fsp3) is 0.381. The van der Waals surface area contributed by atoms with Gasteiger partial charge in [0.15, 0.2) is 5.65 Å². The first-order valence-electron chi connectivity index (χ1n) is 9.31. The van der Waals surface area contributed by atoms with Crippen molar-refractivity contribution in [3.8, 4) is 5.75 Å². The molecule has 2 aromatic heterocycles. The lowest BCUT2D eigenvalue weighted by Gasteiger charge is -2.17. The molecule has 3 aromatic rings. The number of hydrogen-bond acceptors (Lipinski definition) is 4. The van der Waals surface area contributed by atoms with Gasteiger partial charge in [0, 0.05) is 32.8 Å². The normalized spacial score (nSPS) is 16.8. The zero-order chi connectivity index (χ0) is 18.8. The van der Waals surface area contributed by atoms with Gasteiger partial charge in [0.1, 0.15) is 17.1 Å². The molecule has 0 aliphatic carbocycles. The van der Waals surface area contributed by atoms with Crippen LogP contribution in [0.3, 0.4) is 0 Å². The molecule has 0 spiro atoms. The maximum absolute atomic E-state index is 12.7. The molecule has 0 bridgehead atoms. The number of pyridine rings is 1. The molecule has 1 aliphatic rings. The van der Waals surface area contributed by atoms with Crippen LogP contribution in [0, 0.1) is 5.92 Å². The second-order valence-electron chi connectivity index (χ2n) is 7.16. The third-order valence-corrected chi connectivity index (χ3v) is 5.32. The average molecular weight is 364 g/mol. The Morgan fingerprint density at radius 1 is 1.30 bits per heavy atom. The number of likely N-dealkylation sites (tertiary alicyclic amines) is 1. The van der Waals surface area contributed by atoms with Crippen LogP contribution in [0.25, 0.3) is 11.2 Å². The van der Waals surface area contributed by atoms with Gasteiger partial charge >= 0.3 is 0 Å². The quantitative estimate of drug-likeness (QED) is 0.698. The van der Waals surface area contributed by atoms with E-state index in [0.717, 1.165) is 54.2 Å². The Balaban J connectivity index is 1.39. The Hall–Kier alpha value is -2.89. The summed E-state index contributed by atoms with van der Waals surface area (Å²) in [5.74, 6) is 2.44. The monoisotopic (exact) mass is 364 g/mol. The molecule has 4 rings (SSSR count). The highest BCUT2D eigenvalue weighted by molar-refractivity contribution is 5.79. The number of amides is 1. The average Bonchev–Trinajstić information content (AvgIpc) is 3.28. The van der Waals surface area contributed by atoms with Crippen molar-refractivity contribution in [3.63, 3.8) is 0 Å². The van der Waals surface area contributed by atoms with Crippen LogP contribution in [-0.4, -0.2) is 45.5 Å². The first-order valence-corrected chi connectivity index (χ1v) is 9.31. The number of aryl methyl sites for hydroxylation is 1. The summed E-state index contributed by atoms with van der Waals surface area (Å²) in [4.78, 5) is 23.8. The van der Waals surface area contributed by atoms with Crippen molar-refractivity contribution in [1.29, 1.82) is 0 Å². The van der Waals surface area contributed by atoms with E-state index in [1.165, 1.54) is 0 Å². The first kappa shape index (κ1) is 17.5. The molecular formula is C21H24N4O2. The van der Waals surface area contributed by atoms with E-state index in [4.69, 9.17) is 9.72 Å². The van der Waals surface area contributed by atoms with Crippen LogP contribution in [0.5, 0.6) is 5.75 Å². The van der Waals surface area contributed by atoms with Gasteiger partial charge < -0.3 is 14.2 Å². The number of nitrogens with zero attached hydrogens (tertiary/aromatic N) is 4. The van der Waals surface area contributed by atoms with Gasteiger partial charge in [-0.05, 0) is 42.2 Å². The fourth-order valence-corrected chi connectivity index (χ4v) is 3.81. The molecule has 1 fully saturated rings. The van der Waals surface area contributed by atoms with E-state index in [9.17, 15) is 4.79 Å². The van der Waals surface area contributed by atoms with E-state index >= 15 is 0 Å². The predicted octanol–water partition coefficient (Wildman–Crippen LogP) is 2.61. The van der Waals surface area contributed by atoms with Crippen LogP contribution in [-0.2, 0) is 24.7 Å². The smallest absolute Gasteiger partial charge is 0.227 e. The van der Waals surface area contributed by atoms with Gasteiger partial charge in [-0.25, -0.2) is 9.97 Å². The van der Waals surface area contributed by atoms with E-state index < -0.39 is 0 Å². The number of carbonyl (C=O) groups excluding carboxylic acids is 1. The minimum atomic E-state index is 0.178. The maximum atomic E-state index is 12.7. The molecular weight excluding hydrogens is 340 g/mol. The molecule has 0 saturated carbocycles. The molecule has 1 saturated heterocycles. The lowest BCUT2D eigenvalue weighted by Crippen LogP contribution is -2.30. The Morgan fingerprint density at radius 3 is 3.00 bits per heavy atom. The summed E-state index contributed by atoms with van der Waals surface area (Å²) in [5, 5.41) is 0. The number of fused-ring (bicyclic) bond motifs is 1. The molecule has 0 radical (unpaired) electrons. The van der Waals surface area contributed by atoms with Gasteiger partial charge in [0.25, 0.3) is 0 Å². The predicted molar refractivity (Wildman–Crippen MR) is 104 cm³/mol. The third kappa shape index (κ3) is 3.65. The van der Waals surface area contributed by atoms with Crippen LogP contribution >= 0.6 is 0 Å². The molecule has 6 heteroatoms. The highest BCUT2D eigenvalue weighted by Crippen LogP contribution is 2.23. The number of imidazole rings is 1. The van der Waals surface area contributed by atoms with Crippen LogP contribution in [0.4, 0.5) is 0 Å². The summed E-state index contributed by atoms with van der Waals surface area (Å²) in [6.45, 7) is 1.61. The minimum absolute atomic E-state index is 0.178. The summed E-state index contributed by atoms with van der Waals surface area (Å²) in [6, 6.07) is 11.6. The number of aromatic nitrogens is 3. The van der Waals surface area contributed by atoms with Gasteiger partial charge in [-0.1, -0.05) is 12.1 Å². The number of carbonyl (C=O) groups is 1. The summed E-state index contributed by atoms with van der Waals surface area (Å²) < 4.78 is 7.31. The number of ether oxygens (including phenoxy) is 1. The lowest BCUT2D eigenvalue weighted by atomic mass is 10.0. The highest BCUT2D eigenvalue weighted by atomic mass is 16.5. The Labute approximate surface area is 158 Å². The molecule has 140 valence electrons. The van der Waals surface area contributed by atoms with Crippen LogP contribution in [0.15, 0.2) is 42.6 Å². The SMILES string of the molecule is COc1cccc(CC(=O)N2CC[C@@H](Cc3nc4cccnc4n3C)C2)c1. The summed E-state index contributed by atoms with van der Waals surface area (Å²) in [7, 11) is 3.65. The van der Waals surface area contributed by atoms with Gasteiger partial charge in [-0.3, -0.25) is 4.79 Å². The summed E-state index contributed by atoms with van der Waals surface area (Å²) in [5.41, 5.74) is 2.83. The summed E-state index contributed by atoms with van der Waals surface area (Å²) in [6.07, 6.45) is 4.10. The largest absolute Gasteiger partial charge is 0.497 e. The second kappa shape index (κ2) is 7.39. The maximum Gasteiger partial charge on any atom is 0.227 e. The zero-order valence-corrected chi connectivity index (χ0v) is 15.8. The van der Waals surface area contributed by atoms with Gasteiger partial charge in [0.2, 0.25) is 5.91 Å². The Morgan fingerprint density at radius 2 is 2.19 bits per heavy atom. The standard InChI is InChI=1S/C21H24N4O2/c1-24-19(23-18-7-4-9-22-21(18)24)12-16-8-10-25(14-16)20(26)13-15-5-3-6-17(11-15)27-2/h3-7,9,11,16H,8,10,12-14H2,1-2H3/t16-/m0/s1. The van der Waals surface area contributed by atoms with E-state index in [1.54, 1.807) is 13.3 Å². The van der Waals surface area contributed by atoms with Gasteiger partial charge in [-0.2, -0.15) is 0 Å². The van der Waals surface area contributed by atoms with Crippen molar-refractivity contribution in [3.05, 3.63) is 54.0 Å². The fourth-order valence-electron chi connectivity index (χ4n) is 3.81. The summed E-state index contributed by atoms with van der Waals surface area (Å²) >= 11 is 0. The van der Waals surface area contributed by atoms with Crippen molar-refractivity contribution in [2.45, 2.75) is 19.3 Å². The van der Waals surface area contributed by atoms with Crippen molar-refractivity contribution in [1.82, 2.24) is 19.4 Å². The van der Waals surface area contributed by atoms with Crippen molar-refractivity contribution < 1.29 is 9.53 Å². The van der Waals surface area contributed by atoms with Gasteiger partial charge in [0.05, 0.1) is 13.5 Å². The number of hydrogen-bond donors (Lipinski definition) is 0. The van der Waals surface area contributed by atoms with E-state index in [0.29, 0.717) is 12.3 Å². The molecule has 0 N–H and O–H groups in total. The molecule has 0 unspecified atom stereocenters.